The van der Waals surface area contributed by atoms with Crippen LogP contribution in [0.5, 0.6) is 0 Å². The maximum atomic E-state index is 14.2. The highest BCUT2D eigenvalue weighted by molar-refractivity contribution is 7.88. The van der Waals surface area contributed by atoms with E-state index in [1.54, 1.807) is 12.1 Å². The van der Waals surface area contributed by atoms with Crippen LogP contribution in [0.3, 0.4) is 0 Å². The van der Waals surface area contributed by atoms with Gasteiger partial charge in [-0.1, -0.05) is 23.8 Å². The first kappa shape index (κ1) is 20.6. The number of fused-ring (bicyclic) bond motifs is 1. The highest BCUT2D eigenvalue weighted by atomic mass is 32.2. The Labute approximate surface area is 173 Å². The summed E-state index contributed by atoms with van der Waals surface area (Å²) in [7, 11) is -3.52. The molecule has 0 radical (unpaired) electrons. The Kier molecular flexibility index (Phi) is 5.87. The number of carbonyl (C=O) groups is 1. The minimum Gasteiger partial charge on any atom is -0.376 e. The molecule has 0 unspecified atom stereocenters. The second kappa shape index (κ2) is 8.25. The molecule has 3 heterocycles. The topological polar surface area (TPSA) is 79.8 Å². The largest absolute Gasteiger partial charge is 0.376 e. The number of hydrogen-bond donors (Lipinski definition) is 0. The lowest BCUT2D eigenvalue weighted by atomic mass is 10.0. The number of thiazole rings is 1. The van der Waals surface area contributed by atoms with Crippen LogP contribution in [0.15, 0.2) is 18.2 Å². The van der Waals surface area contributed by atoms with Crippen molar-refractivity contribution in [2.45, 2.75) is 44.2 Å². The number of rotatable bonds is 5. The number of halogens is 1. The van der Waals surface area contributed by atoms with Crippen molar-refractivity contribution in [2.75, 3.05) is 30.9 Å². The van der Waals surface area contributed by atoms with E-state index < -0.39 is 21.9 Å². The normalized spacial score (nSPS) is 23.5. The molecule has 0 N–H and O–H groups in total. The zero-order chi connectivity index (χ0) is 20.6. The first-order valence-corrected chi connectivity index (χ1v) is 12.5. The predicted molar refractivity (Wildman–Crippen MR) is 110 cm³/mol. The van der Waals surface area contributed by atoms with Crippen LogP contribution in [0.2, 0.25) is 0 Å². The molecule has 158 valence electrons. The number of piperidine rings is 1. The number of nitrogens with zero attached hydrogens (tertiary/aromatic N) is 3. The zero-order valence-corrected chi connectivity index (χ0v) is 17.8. The van der Waals surface area contributed by atoms with Crippen LogP contribution in [-0.2, 0) is 19.6 Å². The Hall–Kier alpha value is -1.62. The van der Waals surface area contributed by atoms with Crippen molar-refractivity contribution < 1.29 is 22.3 Å². The van der Waals surface area contributed by atoms with E-state index in [-0.39, 0.29) is 24.1 Å². The summed E-state index contributed by atoms with van der Waals surface area (Å²) in [6, 6.07) is 3.94. The van der Waals surface area contributed by atoms with Crippen molar-refractivity contribution in [3.05, 3.63) is 24.0 Å². The number of para-hydroxylation sites is 1. The van der Waals surface area contributed by atoms with Gasteiger partial charge in [-0.2, -0.15) is 4.31 Å². The molecule has 10 heteroatoms. The summed E-state index contributed by atoms with van der Waals surface area (Å²) in [5, 5.41) is 0.379. The Morgan fingerprint density at radius 2 is 2.17 bits per heavy atom. The maximum Gasteiger partial charge on any atom is 0.247 e. The van der Waals surface area contributed by atoms with Gasteiger partial charge in [-0.05, 0) is 37.8 Å². The summed E-state index contributed by atoms with van der Waals surface area (Å²) < 4.78 is 46.3. The smallest absolute Gasteiger partial charge is 0.247 e. The number of sulfonamides is 1. The molecule has 7 nitrogen and oxygen atoms in total. The molecule has 2 aliphatic rings. The summed E-state index contributed by atoms with van der Waals surface area (Å²) in [5.74, 6) is -0.755. The van der Waals surface area contributed by atoms with Crippen LogP contribution >= 0.6 is 11.3 Å². The lowest BCUT2D eigenvalue weighted by Gasteiger charge is -2.35. The monoisotopic (exact) mass is 441 g/mol. The molecular formula is C19H24FN3O4S2. The minimum atomic E-state index is -3.52. The molecule has 2 aliphatic heterocycles. The summed E-state index contributed by atoms with van der Waals surface area (Å²) in [6.45, 7) is 1.26. The van der Waals surface area contributed by atoms with Gasteiger partial charge in [0.2, 0.25) is 15.9 Å². The molecule has 1 amide bonds. The second-order valence-electron chi connectivity index (χ2n) is 7.55. The van der Waals surface area contributed by atoms with Crippen LogP contribution in [-0.4, -0.2) is 61.7 Å². The summed E-state index contributed by atoms with van der Waals surface area (Å²) in [5.41, 5.74) is 0.223. The number of benzene rings is 1. The van der Waals surface area contributed by atoms with Crippen LogP contribution in [0.1, 0.15) is 32.1 Å². The number of anilines is 1. The fraction of sp³-hybridized carbons (Fsp3) is 0.579. The Bertz CT molecular complexity index is 1000. The molecule has 29 heavy (non-hydrogen) atoms. The van der Waals surface area contributed by atoms with Gasteiger partial charge in [-0.3, -0.25) is 9.69 Å². The summed E-state index contributed by atoms with van der Waals surface area (Å²) >= 11 is 1.23. The van der Waals surface area contributed by atoms with Crippen molar-refractivity contribution >= 4 is 42.6 Å². The van der Waals surface area contributed by atoms with Crippen LogP contribution in [0.4, 0.5) is 9.52 Å². The minimum absolute atomic E-state index is 0.133. The van der Waals surface area contributed by atoms with E-state index in [4.69, 9.17) is 4.74 Å². The number of carbonyl (C=O) groups excluding carboxylic acids is 1. The average Bonchev–Trinajstić information content (AvgIpc) is 3.35. The molecule has 1 aromatic carbocycles. The standard InChI is InChI=1S/C19H24FN3O4S2/c1-29(25,26)23-10-3-2-8-15(23)18(24)22(12-13-6-5-11-27-13)19-21-17-14(20)7-4-9-16(17)28-19/h4,7,9,13,15H,2-3,5-6,8,10-12H2,1H3/t13-,15-/m0/s1. The third kappa shape index (κ3) is 4.30. The first-order chi connectivity index (χ1) is 13.8. The van der Waals surface area contributed by atoms with Gasteiger partial charge in [0.1, 0.15) is 17.4 Å². The number of aromatic nitrogens is 1. The van der Waals surface area contributed by atoms with E-state index in [2.05, 4.69) is 4.98 Å². The van der Waals surface area contributed by atoms with Crippen molar-refractivity contribution in [1.29, 1.82) is 0 Å². The highest BCUT2D eigenvalue weighted by Crippen LogP contribution is 2.33. The van der Waals surface area contributed by atoms with Gasteiger partial charge in [-0.25, -0.2) is 17.8 Å². The zero-order valence-electron chi connectivity index (χ0n) is 16.2. The van der Waals surface area contributed by atoms with Crippen LogP contribution in [0.25, 0.3) is 10.2 Å². The SMILES string of the molecule is CS(=O)(=O)N1CCCC[C@H]1C(=O)N(C[C@@H]1CCCO1)c1nc2c(F)cccc2s1. The molecular weight excluding hydrogens is 417 g/mol. The number of ether oxygens (including phenoxy) is 1. The van der Waals surface area contributed by atoms with E-state index in [0.29, 0.717) is 29.4 Å². The molecule has 2 fully saturated rings. The second-order valence-corrected chi connectivity index (χ2v) is 10.5. The summed E-state index contributed by atoms with van der Waals surface area (Å²) in [4.78, 5) is 19.4. The van der Waals surface area contributed by atoms with Crippen molar-refractivity contribution in [2.24, 2.45) is 0 Å². The third-order valence-electron chi connectivity index (χ3n) is 5.43. The van der Waals surface area contributed by atoms with Crippen molar-refractivity contribution in [1.82, 2.24) is 9.29 Å². The van der Waals surface area contributed by atoms with E-state index in [1.165, 1.54) is 26.6 Å². The van der Waals surface area contributed by atoms with Gasteiger partial charge in [-0.15, -0.1) is 0 Å². The quantitative estimate of drug-likeness (QED) is 0.713. The van der Waals surface area contributed by atoms with Gasteiger partial charge < -0.3 is 4.74 Å². The molecule has 2 saturated heterocycles. The van der Waals surface area contributed by atoms with Crippen LogP contribution in [0, 0.1) is 5.82 Å². The van der Waals surface area contributed by atoms with Crippen molar-refractivity contribution in [3.8, 4) is 0 Å². The molecule has 2 atom stereocenters. The lowest BCUT2D eigenvalue weighted by Crippen LogP contribution is -2.54. The fourth-order valence-electron chi connectivity index (χ4n) is 4.00. The molecule has 0 spiro atoms. The Balaban J connectivity index is 1.70. The number of amides is 1. The van der Waals surface area contributed by atoms with Gasteiger partial charge in [0, 0.05) is 13.2 Å². The van der Waals surface area contributed by atoms with E-state index >= 15 is 0 Å². The van der Waals surface area contributed by atoms with Gasteiger partial charge in [0.15, 0.2) is 5.13 Å². The Morgan fingerprint density at radius 1 is 1.34 bits per heavy atom. The van der Waals surface area contributed by atoms with Crippen LogP contribution < -0.4 is 4.90 Å². The maximum absolute atomic E-state index is 14.2. The lowest BCUT2D eigenvalue weighted by molar-refractivity contribution is -0.123. The number of hydrogen-bond acceptors (Lipinski definition) is 6. The highest BCUT2D eigenvalue weighted by Gasteiger charge is 2.39. The summed E-state index contributed by atoms with van der Waals surface area (Å²) in [6.07, 6.45) is 4.72. The van der Waals surface area contributed by atoms with E-state index in [9.17, 15) is 17.6 Å². The third-order valence-corrected chi connectivity index (χ3v) is 7.76. The first-order valence-electron chi connectivity index (χ1n) is 9.79. The molecule has 0 bridgehead atoms. The van der Waals surface area contributed by atoms with Gasteiger partial charge >= 0.3 is 0 Å². The predicted octanol–water partition coefficient (Wildman–Crippen LogP) is 2.76. The molecule has 0 saturated carbocycles. The molecule has 0 aliphatic carbocycles. The molecule has 1 aromatic heterocycles. The van der Waals surface area contributed by atoms with Crippen molar-refractivity contribution in [3.63, 3.8) is 0 Å². The molecule has 2 aromatic rings. The van der Waals surface area contributed by atoms with E-state index in [0.717, 1.165) is 31.9 Å². The average molecular weight is 442 g/mol. The van der Waals surface area contributed by atoms with Gasteiger partial charge in [0.05, 0.1) is 23.6 Å². The molecule has 4 rings (SSSR count). The van der Waals surface area contributed by atoms with Gasteiger partial charge in [0.25, 0.3) is 0 Å². The van der Waals surface area contributed by atoms with E-state index in [1.807, 2.05) is 0 Å². The Morgan fingerprint density at radius 3 is 2.86 bits per heavy atom. The fourth-order valence-corrected chi connectivity index (χ4v) is 6.11.